The van der Waals surface area contributed by atoms with Crippen molar-refractivity contribution in [1.29, 1.82) is 0 Å². The second-order valence-electron chi connectivity index (χ2n) is 13.6. The fraction of sp³-hybridized carbons (Fsp3) is 0.405. The first-order valence-corrected chi connectivity index (χ1v) is 20.0. The van der Waals surface area contributed by atoms with Crippen molar-refractivity contribution in [1.82, 2.24) is 4.90 Å². The highest BCUT2D eigenvalue weighted by atomic mass is 32.2. The molecule has 1 amide bonds. The van der Waals surface area contributed by atoms with Crippen LogP contribution in [-0.4, -0.2) is 67.6 Å². The molecule has 1 heterocycles. The summed E-state index contributed by atoms with van der Waals surface area (Å²) in [7, 11) is 0. The van der Waals surface area contributed by atoms with Gasteiger partial charge in [-0.05, 0) is 91.9 Å². The highest BCUT2D eigenvalue weighted by Gasteiger charge is 2.42. The fourth-order valence-corrected chi connectivity index (χ4v) is 6.76. The van der Waals surface area contributed by atoms with Gasteiger partial charge in [-0.15, -0.1) is 23.5 Å². The predicted octanol–water partition coefficient (Wildman–Crippen LogP) is 9.62. The number of nitrogens with zero attached hydrogens (tertiary/aromatic N) is 1. The molecule has 4 aromatic carbocycles. The molecule has 1 saturated heterocycles. The number of hydrogen-bond donors (Lipinski definition) is 0. The van der Waals surface area contributed by atoms with Crippen molar-refractivity contribution in [2.45, 2.75) is 80.5 Å². The molecule has 0 spiro atoms. The van der Waals surface area contributed by atoms with E-state index in [0.29, 0.717) is 46.1 Å². The number of piperidine rings is 1. The second kappa shape index (κ2) is 19.4. The number of carbonyl (C=O) groups excluding carboxylic acids is 1. The topological polar surface area (TPSA) is 66.5 Å². The first-order valence-electron chi connectivity index (χ1n) is 17.5. The summed E-state index contributed by atoms with van der Waals surface area (Å²) in [5.74, 6) is 0.658. The van der Waals surface area contributed by atoms with Gasteiger partial charge in [0, 0.05) is 22.1 Å². The molecule has 1 fully saturated rings. The summed E-state index contributed by atoms with van der Waals surface area (Å²) in [6.07, 6.45) is 3.87. The van der Waals surface area contributed by atoms with Gasteiger partial charge in [0.2, 0.25) is 0 Å². The quantitative estimate of drug-likeness (QED) is 0.0835. The summed E-state index contributed by atoms with van der Waals surface area (Å²) >= 11 is 3.42. The van der Waals surface area contributed by atoms with E-state index < -0.39 is 5.60 Å². The molecular weight excluding hydrogens is 679 g/mol. The van der Waals surface area contributed by atoms with Gasteiger partial charge < -0.3 is 28.6 Å². The van der Waals surface area contributed by atoms with Crippen LogP contribution in [0, 0.1) is 0 Å². The summed E-state index contributed by atoms with van der Waals surface area (Å²) in [5, 5.41) is 0. The van der Waals surface area contributed by atoms with Crippen molar-refractivity contribution in [3.8, 4) is 5.75 Å². The van der Waals surface area contributed by atoms with E-state index in [1.807, 2.05) is 51.1 Å². The molecule has 0 bridgehead atoms. The zero-order valence-electron chi connectivity index (χ0n) is 30.4. The molecule has 4 aromatic rings. The van der Waals surface area contributed by atoms with Gasteiger partial charge in [0.1, 0.15) is 11.4 Å². The normalized spacial score (nSPS) is 17.7. The summed E-state index contributed by atoms with van der Waals surface area (Å²) in [6, 6.07) is 35.2. The van der Waals surface area contributed by atoms with E-state index in [-0.39, 0.29) is 24.2 Å². The highest BCUT2D eigenvalue weighted by Crippen LogP contribution is 2.35. The van der Waals surface area contributed by atoms with Crippen molar-refractivity contribution >= 4 is 29.6 Å². The molecule has 272 valence electrons. The summed E-state index contributed by atoms with van der Waals surface area (Å²) < 4.78 is 31.2. The second-order valence-corrected chi connectivity index (χ2v) is 15.4. The van der Waals surface area contributed by atoms with Crippen LogP contribution in [0.3, 0.4) is 0 Å². The number of rotatable bonds is 16. The predicted molar refractivity (Wildman–Crippen MR) is 207 cm³/mol. The molecule has 51 heavy (non-hydrogen) atoms. The molecule has 0 saturated carbocycles. The lowest BCUT2D eigenvalue weighted by atomic mass is 9.84. The van der Waals surface area contributed by atoms with Crippen LogP contribution in [0.2, 0.25) is 0 Å². The summed E-state index contributed by atoms with van der Waals surface area (Å²) in [6.45, 7) is 9.03. The van der Waals surface area contributed by atoms with Crippen molar-refractivity contribution in [2.24, 2.45) is 0 Å². The van der Waals surface area contributed by atoms with Crippen molar-refractivity contribution in [2.75, 3.05) is 38.8 Å². The van der Waals surface area contributed by atoms with Crippen molar-refractivity contribution in [3.63, 3.8) is 0 Å². The van der Waals surface area contributed by atoms with E-state index in [1.165, 1.54) is 9.79 Å². The van der Waals surface area contributed by atoms with Crippen LogP contribution >= 0.6 is 23.5 Å². The van der Waals surface area contributed by atoms with Crippen LogP contribution in [0.4, 0.5) is 4.79 Å². The molecule has 0 radical (unpaired) electrons. The van der Waals surface area contributed by atoms with Crippen LogP contribution in [0.25, 0.3) is 0 Å². The van der Waals surface area contributed by atoms with Crippen LogP contribution in [0.5, 0.6) is 5.75 Å². The Hall–Kier alpha value is -3.47. The molecule has 1 aliphatic heterocycles. The Morgan fingerprint density at radius 2 is 1.22 bits per heavy atom. The van der Waals surface area contributed by atoms with E-state index in [2.05, 4.69) is 85.3 Å². The van der Waals surface area contributed by atoms with E-state index in [1.54, 1.807) is 28.4 Å². The number of ether oxygens (including phenoxy) is 5. The van der Waals surface area contributed by atoms with Crippen LogP contribution in [0.1, 0.15) is 55.4 Å². The molecule has 1 aliphatic rings. The van der Waals surface area contributed by atoms with Gasteiger partial charge in [0.15, 0.2) is 0 Å². The van der Waals surface area contributed by atoms with Crippen LogP contribution < -0.4 is 4.74 Å². The minimum atomic E-state index is -0.622. The Bertz CT molecular complexity index is 1550. The molecule has 0 aliphatic carbocycles. The Kier molecular flexibility index (Phi) is 14.7. The maximum absolute atomic E-state index is 13.5. The van der Waals surface area contributed by atoms with Gasteiger partial charge in [-0.3, -0.25) is 0 Å². The Labute approximate surface area is 312 Å². The Balaban J connectivity index is 1.31. The minimum absolute atomic E-state index is 0.139. The lowest BCUT2D eigenvalue weighted by Gasteiger charge is -2.43. The molecule has 5 rings (SSSR count). The molecule has 2 atom stereocenters. The number of hydrogen-bond acceptors (Lipinski definition) is 8. The smallest absolute Gasteiger partial charge is 0.410 e. The number of thioether (sulfide) groups is 2. The fourth-order valence-electron chi connectivity index (χ4n) is 5.94. The van der Waals surface area contributed by atoms with Crippen LogP contribution in [-0.2, 0) is 38.8 Å². The van der Waals surface area contributed by atoms with Gasteiger partial charge in [0.25, 0.3) is 0 Å². The third-order valence-corrected chi connectivity index (χ3v) is 10.1. The Morgan fingerprint density at radius 3 is 1.73 bits per heavy atom. The minimum Gasteiger partial charge on any atom is -0.494 e. The third kappa shape index (κ3) is 12.3. The van der Waals surface area contributed by atoms with E-state index in [4.69, 9.17) is 23.7 Å². The molecule has 0 N–H and O–H groups in total. The zero-order chi connectivity index (χ0) is 36.1. The first-order chi connectivity index (χ1) is 24.7. The average Bonchev–Trinajstić information content (AvgIpc) is 3.14. The number of likely N-dealkylation sites (tertiary alicyclic amines) is 1. The van der Waals surface area contributed by atoms with Gasteiger partial charge in [-0.25, -0.2) is 4.79 Å². The van der Waals surface area contributed by atoms with Gasteiger partial charge in [-0.1, -0.05) is 66.7 Å². The Morgan fingerprint density at radius 1 is 0.686 bits per heavy atom. The molecule has 2 unspecified atom stereocenters. The first kappa shape index (κ1) is 38.8. The molecular formula is C42H51NO6S2. The molecule has 9 heteroatoms. The number of benzene rings is 4. The lowest BCUT2D eigenvalue weighted by molar-refractivity contribution is -0.100. The van der Waals surface area contributed by atoms with E-state index in [0.717, 1.165) is 34.4 Å². The number of carbonyl (C=O) groups is 1. The third-order valence-electron chi connectivity index (χ3n) is 8.58. The monoisotopic (exact) mass is 729 g/mol. The lowest BCUT2D eigenvalue weighted by Crippen LogP contribution is -2.55. The molecule has 0 aromatic heterocycles. The zero-order valence-corrected chi connectivity index (χ0v) is 32.1. The van der Waals surface area contributed by atoms with Crippen molar-refractivity contribution < 1.29 is 28.5 Å². The maximum atomic E-state index is 13.5. The van der Waals surface area contributed by atoms with Crippen molar-refractivity contribution in [3.05, 3.63) is 125 Å². The van der Waals surface area contributed by atoms with Gasteiger partial charge >= 0.3 is 6.09 Å². The number of amides is 1. The SMILES string of the molecule is CSc1ccc(COC2CN(C(=O)OC(C)(C)C)CC(OCc3ccc(SC)cc3)C2c2ccc(OCCCOCc3ccccc3)cc2)cc1. The average molecular weight is 730 g/mol. The highest BCUT2D eigenvalue weighted by molar-refractivity contribution is 7.98. The summed E-state index contributed by atoms with van der Waals surface area (Å²) in [5.41, 5.74) is 3.76. The maximum Gasteiger partial charge on any atom is 0.410 e. The van der Waals surface area contributed by atoms with Gasteiger partial charge in [0.05, 0.1) is 58.3 Å². The van der Waals surface area contributed by atoms with Crippen LogP contribution in [0.15, 0.2) is 113 Å². The van der Waals surface area contributed by atoms with Gasteiger partial charge in [-0.2, -0.15) is 0 Å². The largest absolute Gasteiger partial charge is 0.494 e. The standard InChI is InChI=1S/C42H51NO6S2/c1-42(2,3)49-41(44)43-26-38(47-29-32-12-20-36(50-4)21-13-32)40(39(27-43)48-30-33-14-22-37(51-5)23-15-33)34-16-18-35(19-17-34)46-25-9-24-45-28-31-10-7-6-8-11-31/h6-8,10-23,38-40H,9,24-30H2,1-5H3. The molecule has 7 nitrogen and oxygen atoms in total. The van der Waals surface area contributed by atoms with E-state index in [9.17, 15) is 4.79 Å². The van der Waals surface area contributed by atoms with E-state index >= 15 is 0 Å². The summed E-state index contributed by atoms with van der Waals surface area (Å²) in [4.78, 5) is 17.6.